The van der Waals surface area contributed by atoms with Crippen LogP contribution in [0.1, 0.15) is 53.6 Å². The first kappa shape index (κ1) is 18.3. The Hall–Kier alpha value is -2.46. The van der Waals surface area contributed by atoms with E-state index in [1.165, 1.54) is 19.3 Å². The van der Waals surface area contributed by atoms with Crippen LogP contribution in [0, 0.1) is 0 Å². The molecule has 1 aliphatic rings. The summed E-state index contributed by atoms with van der Waals surface area (Å²) in [5.74, 6) is -0.309. The second-order valence-electron chi connectivity index (χ2n) is 6.92. The topological polar surface area (TPSA) is 49.4 Å². The lowest BCUT2D eigenvalue weighted by molar-refractivity contribution is -0.122. The number of likely N-dealkylation sites (tertiary alicyclic amines) is 1. The van der Waals surface area contributed by atoms with Crippen molar-refractivity contribution in [3.8, 4) is 0 Å². The van der Waals surface area contributed by atoms with Crippen LogP contribution in [-0.2, 0) is 4.79 Å². The van der Waals surface area contributed by atoms with E-state index in [9.17, 15) is 9.59 Å². The molecule has 4 nitrogen and oxygen atoms in total. The van der Waals surface area contributed by atoms with Crippen molar-refractivity contribution in [2.75, 3.05) is 19.8 Å². The molecule has 2 aromatic rings. The van der Waals surface area contributed by atoms with Crippen LogP contribution in [0.5, 0.6) is 0 Å². The molecule has 1 saturated heterocycles. The Morgan fingerprint density at radius 3 is 2.38 bits per heavy atom. The summed E-state index contributed by atoms with van der Waals surface area (Å²) >= 11 is 0. The van der Waals surface area contributed by atoms with E-state index in [4.69, 9.17) is 0 Å². The molecule has 26 heavy (non-hydrogen) atoms. The highest BCUT2D eigenvalue weighted by molar-refractivity contribution is 6.09. The highest BCUT2D eigenvalue weighted by Gasteiger charge is 2.18. The molecule has 0 aliphatic carbocycles. The molecule has 1 N–H and O–H groups in total. The Morgan fingerprint density at radius 1 is 0.962 bits per heavy atom. The van der Waals surface area contributed by atoms with E-state index in [1.54, 1.807) is 6.07 Å². The summed E-state index contributed by atoms with van der Waals surface area (Å²) in [6.07, 6.45) is 3.69. The van der Waals surface area contributed by atoms with Crippen molar-refractivity contribution in [3.05, 3.63) is 71.3 Å². The standard InChI is InChI=1S/C22H26N2O2/c1-17(22(26)23-16-24-13-6-3-7-14-24)19-11-8-12-20(15-19)21(25)18-9-4-2-5-10-18/h2,4-5,8-12,15,17H,3,6-7,13-14,16H2,1H3,(H,23,26). The summed E-state index contributed by atoms with van der Waals surface area (Å²) in [6.45, 7) is 4.59. The van der Waals surface area contributed by atoms with Gasteiger partial charge in [-0.05, 0) is 44.5 Å². The van der Waals surface area contributed by atoms with Crippen molar-refractivity contribution < 1.29 is 9.59 Å². The summed E-state index contributed by atoms with van der Waals surface area (Å²) in [7, 11) is 0. The van der Waals surface area contributed by atoms with Gasteiger partial charge in [0.05, 0.1) is 12.6 Å². The van der Waals surface area contributed by atoms with Crippen LogP contribution >= 0.6 is 0 Å². The van der Waals surface area contributed by atoms with Gasteiger partial charge in [-0.25, -0.2) is 0 Å². The molecule has 0 aromatic heterocycles. The van der Waals surface area contributed by atoms with E-state index in [1.807, 2.05) is 55.5 Å². The number of carbonyl (C=O) groups excluding carboxylic acids is 2. The quantitative estimate of drug-likeness (QED) is 0.810. The SMILES string of the molecule is CC(C(=O)NCN1CCCCC1)c1cccc(C(=O)c2ccccc2)c1. The van der Waals surface area contributed by atoms with Crippen LogP contribution in [0.2, 0.25) is 0 Å². The molecule has 0 saturated carbocycles. The lowest BCUT2D eigenvalue weighted by Crippen LogP contribution is -2.41. The van der Waals surface area contributed by atoms with Crippen molar-refractivity contribution in [3.63, 3.8) is 0 Å². The predicted octanol–water partition coefficient (Wildman–Crippen LogP) is 3.58. The van der Waals surface area contributed by atoms with E-state index in [-0.39, 0.29) is 17.6 Å². The molecule has 4 heteroatoms. The van der Waals surface area contributed by atoms with Crippen LogP contribution in [0.15, 0.2) is 54.6 Å². The fourth-order valence-corrected chi connectivity index (χ4v) is 3.32. The number of rotatable bonds is 6. The molecule has 1 unspecified atom stereocenters. The van der Waals surface area contributed by atoms with Crippen LogP contribution < -0.4 is 5.32 Å². The maximum atomic E-state index is 12.6. The zero-order chi connectivity index (χ0) is 18.4. The van der Waals surface area contributed by atoms with Crippen LogP contribution in [-0.4, -0.2) is 36.3 Å². The number of ketones is 1. The molecule has 0 radical (unpaired) electrons. The number of nitrogens with one attached hydrogen (secondary N) is 1. The van der Waals surface area contributed by atoms with Crippen molar-refractivity contribution in [1.82, 2.24) is 10.2 Å². The number of piperidine rings is 1. The minimum Gasteiger partial charge on any atom is -0.343 e. The largest absolute Gasteiger partial charge is 0.343 e. The van der Waals surface area contributed by atoms with Gasteiger partial charge < -0.3 is 5.32 Å². The monoisotopic (exact) mass is 350 g/mol. The molecule has 136 valence electrons. The van der Waals surface area contributed by atoms with Crippen LogP contribution in [0.25, 0.3) is 0 Å². The summed E-state index contributed by atoms with van der Waals surface area (Å²) < 4.78 is 0. The molecule has 0 spiro atoms. The maximum Gasteiger partial charge on any atom is 0.228 e. The third-order valence-corrected chi connectivity index (χ3v) is 5.00. The third kappa shape index (κ3) is 4.58. The van der Waals surface area contributed by atoms with Crippen molar-refractivity contribution in [1.29, 1.82) is 0 Å². The molecule has 3 rings (SSSR count). The number of amides is 1. The molecule has 1 fully saturated rings. The molecular formula is C22H26N2O2. The zero-order valence-electron chi connectivity index (χ0n) is 15.3. The normalized spacial score (nSPS) is 16.0. The van der Waals surface area contributed by atoms with Gasteiger partial charge >= 0.3 is 0 Å². The van der Waals surface area contributed by atoms with Gasteiger partial charge in [-0.1, -0.05) is 55.0 Å². The van der Waals surface area contributed by atoms with E-state index in [0.29, 0.717) is 17.8 Å². The number of hydrogen-bond acceptors (Lipinski definition) is 3. The van der Waals surface area contributed by atoms with Gasteiger partial charge in [-0.15, -0.1) is 0 Å². The summed E-state index contributed by atoms with van der Waals surface area (Å²) in [5.41, 5.74) is 2.14. The predicted molar refractivity (Wildman–Crippen MR) is 103 cm³/mol. The fraction of sp³-hybridized carbons (Fsp3) is 0.364. The third-order valence-electron chi connectivity index (χ3n) is 5.00. The first-order valence-corrected chi connectivity index (χ1v) is 9.35. The molecule has 2 aromatic carbocycles. The van der Waals surface area contributed by atoms with Gasteiger partial charge in [0.15, 0.2) is 5.78 Å². The maximum absolute atomic E-state index is 12.6. The molecular weight excluding hydrogens is 324 g/mol. The number of nitrogens with zero attached hydrogens (tertiary/aromatic N) is 1. The van der Waals surface area contributed by atoms with Gasteiger partial charge in [0, 0.05) is 11.1 Å². The van der Waals surface area contributed by atoms with Crippen molar-refractivity contribution in [2.45, 2.75) is 32.1 Å². The van der Waals surface area contributed by atoms with Crippen molar-refractivity contribution in [2.24, 2.45) is 0 Å². The molecule has 1 atom stereocenters. The summed E-state index contributed by atoms with van der Waals surface area (Å²) in [6, 6.07) is 16.6. The Bertz CT molecular complexity index is 752. The minimum atomic E-state index is -0.289. The Kier molecular flexibility index (Phi) is 6.18. The van der Waals surface area contributed by atoms with E-state index in [2.05, 4.69) is 10.2 Å². The van der Waals surface area contributed by atoms with Gasteiger partial charge in [0.2, 0.25) is 5.91 Å². The molecule has 1 amide bonds. The van der Waals surface area contributed by atoms with Gasteiger partial charge in [0.1, 0.15) is 0 Å². The van der Waals surface area contributed by atoms with Gasteiger partial charge in [-0.2, -0.15) is 0 Å². The second-order valence-corrected chi connectivity index (χ2v) is 6.92. The Balaban J connectivity index is 1.64. The Morgan fingerprint density at radius 2 is 1.65 bits per heavy atom. The zero-order valence-corrected chi connectivity index (χ0v) is 15.3. The highest BCUT2D eigenvalue weighted by atomic mass is 16.2. The number of carbonyl (C=O) groups is 2. The second kappa shape index (κ2) is 8.77. The smallest absolute Gasteiger partial charge is 0.228 e. The average Bonchev–Trinajstić information content (AvgIpc) is 2.72. The summed E-state index contributed by atoms with van der Waals surface area (Å²) in [5, 5.41) is 3.03. The highest BCUT2D eigenvalue weighted by Crippen LogP contribution is 2.19. The van der Waals surface area contributed by atoms with Gasteiger partial charge in [-0.3, -0.25) is 14.5 Å². The lowest BCUT2D eigenvalue weighted by Gasteiger charge is -2.27. The first-order chi connectivity index (χ1) is 12.6. The number of hydrogen-bond donors (Lipinski definition) is 1. The lowest BCUT2D eigenvalue weighted by atomic mass is 9.95. The fourth-order valence-electron chi connectivity index (χ4n) is 3.32. The van der Waals surface area contributed by atoms with E-state index in [0.717, 1.165) is 18.7 Å². The molecule has 1 heterocycles. The molecule has 1 aliphatic heterocycles. The van der Waals surface area contributed by atoms with Gasteiger partial charge in [0.25, 0.3) is 0 Å². The molecule has 0 bridgehead atoms. The van der Waals surface area contributed by atoms with E-state index < -0.39 is 0 Å². The first-order valence-electron chi connectivity index (χ1n) is 9.35. The van der Waals surface area contributed by atoms with E-state index >= 15 is 0 Å². The summed E-state index contributed by atoms with van der Waals surface area (Å²) in [4.78, 5) is 27.4. The van der Waals surface area contributed by atoms with Crippen LogP contribution in [0.4, 0.5) is 0 Å². The van der Waals surface area contributed by atoms with Crippen LogP contribution in [0.3, 0.4) is 0 Å². The minimum absolute atomic E-state index is 0.000108. The number of benzene rings is 2. The Labute approximate surface area is 155 Å². The average molecular weight is 350 g/mol. The van der Waals surface area contributed by atoms with Crippen molar-refractivity contribution >= 4 is 11.7 Å².